The van der Waals surface area contributed by atoms with Crippen molar-refractivity contribution in [1.29, 1.82) is 0 Å². The van der Waals surface area contributed by atoms with Gasteiger partial charge in [0.15, 0.2) is 5.78 Å². The summed E-state index contributed by atoms with van der Waals surface area (Å²) in [6, 6.07) is -0.0617. The molecule has 0 aliphatic heterocycles. The number of Topliss-reactive ketones (excluding diaryl/α,β-unsaturated/α-hetero) is 1. The summed E-state index contributed by atoms with van der Waals surface area (Å²) in [6.07, 6.45) is 0. The van der Waals surface area contributed by atoms with Crippen molar-refractivity contribution in [3.05, 3.63) is 0 Å². The fraction of sp³-hybridized carbons (Fsp3) is 0.889. The fourth-order valence-corrected chi connectivity index (χ4v) is 1.47. The first kappa shape index (κ1) is 12.0. The van der Waals surface area contributed by atoms with Crippen molar-refractivity contribution in [1.82, 2.24) is 4.90 Å². The van der Waals surface area contributed by atoms with E-state index in [1.165, 1.54) is 0 Å². The molecular formula is C9H19NOS. The number of likely N-dealkylation sites (N-methyl/N-ethyl adjacent to an activating group) is 1. The lowest BCUT2D eigenvalue weighted by molar-refractivity contribution is -0.130. The molecule has 0 N–H and O–H groups in total. The van der Waals surface area contributed by atoms with Gasteiger partial charge in [0.05, 0.1) is 6.04 Å². The van der Waals surface area contributed by atoms with Gasteiger partial charge in [-0.05, 0) is 14.1 Å². The van der Waals surface area contributed by atoms with Crippen LogP contribution in [0.15, 0.2) is 0 Å². The zero-order valence-electron chi connectivity index (χ0n) is 8.59. The number of thiol groups is 1. The Kier molecular flexibility index (Phi) is 4.28. The molecule has 0 spiro atoms. The van der Waals surface area contributed by atoms with E-state index in [1.807, 2.05) is 39.8 Å². The Bertz CT molecular complexity index is 160. The third kappa shape index (κ3) is 3.15. The zero-order chi connectivity index (χ0) is 9.94. The normalized spacial score (nSPS) is 14.9. The van der Waals surface area contributed by atoms with Crippen LogP contribution in [-0.2, 0) is 4.79 Å². The van der Waals surface area contributed by atoms with Gasteiger partial charge in [-0.15, -0.1) is 0 Å². The molecule has 1 unspecified atom stereocenters. The van der Waals surface area contributed by atoms with E-state index >= 15 is 0 Å². The lowest BCUT2D eigenvalue weighted by Crippen LogP contribution is -2.43. The average molecular weight is 189 g/mol. The minimum atomic E-state index is -0.266. The van der Waals surface area contributed by atoms with Gasteiger partial charge in [0.25, 0.3) is 0 Å². The minimum absolute atomic E-state index is 0.0617. The standard InChI is InChI=1S/C9H19NOS/c1-9(2,3)8(11)7(6-12)10(4)5/h7,12H,6H2,1-5H3. The second kappa shape index (κ2) is 4.28. The molecule has 12 heavy (non-hydrogen) atoms. The molecule has 0 heterocycles. The molecule has 3 heteroatoms. The third-order valence-electron chi connectivity index (χ3n) is 1.84. The number of hydrogen-bond donors (Lipinski definition) is 1. The van der Waals surface area contributed by atoms with Crippen LogP contribution in [0.5, 0.6) is 0 Å². The van der Waals surface area contributed by atoms with Crippen LogP contribution in [-0.4, -0.2) is 36.6 Å². The quantitative estimate of drug-likeness (QED) is 0.678. The summed E-state index contributed by atoms with van der Waals surface area (Å²) in [7, 11) is 3.81. The summed E-state index contributed by atoms with van der Waals surface area (Å²) >= 11 is 4.16. The maximum absolute atomic E-state index is 11.7. The Labute approximate surface area is 80.7 Å². The van der Waals surface area contributed by atoms with Crippen molar-refractivity contribution >= 4 is 18.4 Å². The molecule has 2 nitrogen and oxygen atoms in total. The highest BCUT2D eigenvalue weighted by Gasteiger charge is 2.29. The van der Waals surface area contributed by atoms with Gasteiger partial charge in [-0.25, -0.2) is 0 Å². The monoisotopic (exact) mass is 189 g/mol. The molecule has 0 fully saturated rings. The van der Waals surface area contributed by atoms with Crippen molar-refractivity contribution in [2.45, 2.75) is 26.8 Å². The van der Waals surface area contributed by atoms with Gasteiger partial charge in [0.1, 0.15) is 0 Å². The summed E-state index contributed by atoms with van der Waals surface area (Å²) in [4.78, 5) is 13.7. The second-order valence-electron chi connectivity index (χ2n) is 4.28. The Morgan fingerprint density at radius 3 is 1.92 bits per heavy atom. The smallest absolute Gasteiger partial charge is 0.156 e. The van der Waals surface area contributed by atoms with Gasteiger partial charge in [-0.1, -0.05) is 20.8 Å². The molecule has 0 radical (unpaired) electrons. The Hall–Kier alpha value is -0.0200. The van der Waals surface area contributed by atoms with E-state index < -0.39 is 0 Å². The highest BCUT2D eigenvalue weighted by Crippen LogP contribution is 2.19. The molecule has 0 amide bonds. The predicted molar refractivity (Wildman–Crippen MR) is 55.8 cm³/mol. The molecule has 0 aliphatic rings. The maximum Gasteiger partial charge on any atom is 0.156 e. The van der Waals surface area contributed by atoms with Crippen LogP contribution in [0.4, 0.5) is 0 Å². The SMILES string of the molecule is CN(C)C(CS)C(=O)C(C)(C)C. The minimum Gasteiger partial charge on any atom is -0.299 e. The van der Waals surface area contributed by atoms with Gasteiger partial charge in [-0.3, -0.25) is 9.69 Å². The van der Waals surface area contributed by atoms with Gasteiger partial charge < -0.3 is 0 Å². The van der Waals surface area contributed by atoms with Crippen LogP contribution in [0.3, 0.4) is 0 Å². The Balaban J connectivity index is 4.44. The molecule has 0 aromatic heterocycles. The van der Waals surface area contributed by atoms with Crippen LogP contribution < -0.4 is 0 Å². The Morgan fingerprint density at radius 1 is 1.42 bits per heavy atom. The van der Waals surface area contributed by atoms with E-state index in [2.05, 4.69) is 12.6 Å². The van der Waals surface area contributed by atoms with Crippen LogP contribution in [0.25, 0.3) is 0 Å². The number of carbonyl (C=O) groups excluding carboxylic acids is 1. The van der Waals surface area contributed by atoms with Gasteiger partial charge in [-0.2, -0.15) is 12.6 Å². The number of hydrogen-bond acceptors (Lipinski definition) is 3. The van der Waals surface area contributed by atoms with E-state index in [4.69, 9.17) is 0 Å². The topological polar surface area (TPSA) is 20.3 Å². The van der Waals surface area contributed by atoms with Crippen LogP contribution >= 0.6 is 12.6 Å². The van der Waals surface area contributed by atoms with Crippen molar-refractivity contribution in [2.24, 2.45) is 5.41 Å². The number of carbonyl (C=O) groups is 1. The summed E-state index contributed by atoms with van der Waals surface area (Å²) < 4.78 is 0. The highest BCUT2D eigenvalue weighted by atomic mass is 32.1. The van der Waals surface area contributed by atoms with Gasteiger partial charge in [0, 0.05) is 11.2 Å². The van der Waals surface area contributed by atoms with E-state index in [0.717, 1.165) is 0 Å². The number of rotatable bonds is 3. The predicted octanol–water partition coefficient (Wildman–Crippen LogP) is 1.46. The molecule has 0 rings (SSSR count). The van der Waals surface area contributed by atoms with Crippen LogP contribution in [0, 0.1) is 5.41 Å². The lowest BCUT2D eigenvalue weighted by Gasteiger charge is -2.28. The molecule has 1 atom stereocenters. The number of nitrogens with zero attached hydrogens (tertiary/aromatic N) is 1. The molecule has 0 saturated carbocycles. The van der Waals surface area contributed by atoms with Gasteiger partial charge >= 0.3 is 0 Å². The summed E-state index contributed by atoms with van der Waals surface area (Å²) in [5.74, 6) is 0.839. The molecule has 0 aromatic carbocycles. The van der Waals surface area contributed by atoms with Gasteiger partial charge in [0.2, 0.25) is 0 Å². The molecule has 0 bridgehead atoms. The Morgan fingerprint density at radius 2 is 1.83 bits per heavy atom. The molecular weight excluding hydrogens is 170 g/mol. The lowest BCUT2D eigenvalue weighted by atomic mass is 9.86. The fourth-order valence-electron chi connectivity index (χ4n) is 0.981. The summed E-state index contributed by atoms with van der Waals surface area (Å²) in [5, 5.41) is 0. The third-order valence-corrected chi connectivity index (χ3v) is 2.18. The molecule has 0 aromatic rings. The van der Waals surface area contributed by atoms with E-state index in [1.54, 1.807) is 0 Å². The maximum atomic E-state index is 11.7. The van der Waals surface area contributed by atoms with Crippen molar-refractivity contribution in [3.63, 3.8) is 0 Å². The molecule has 72 valence electrons. The first-order valence-corrected chi connectivity index (χ1v) is 4.75. The summed E-state index contributed by atoms with van der Waals surface area (Å²) in [5.41, 5.74) is -0.266. The van der Waals surface area contributed by atoms with Crippen LogP contribution in [0.1, 0.15) is 20.8 Å². The summed E-state index contributed by atoms with van der Waals surface area (Å²) in [6.45, 7) is 5.82. The van der Waals surface area contributed by atoms with E-state index in [9.17, 15) is 4.79 Å². The number of ketones is 1. The van der Waals surface area contributed by atoms with Crippen molar-refractivity contribution < 1.29 is 4.79 Å². The second-order valence-corrected chi connectivity index (χ2v) is 4.64. The van der Waals surface area contributed by atoms with Crippen LogP contribution in [0.2, 0.25) is 0 Å². The highest BCUT2D eigenvalue weighted by molar-refractivity contribution is 7.80. The van der Waals surface area contributed by atoms with Crippen molar-refractivity contribution in [2.75, 3.05) is 19.8 Å². The molecule has 0 saturated heterocycles. The van der Waals surface area contributed by atoms with E-state index in [0.29, 0.717) is 5.75 Å². The average Bonchev–Trinajstić information content (AvgIpc) is 1.86. The first-order valence-electron chi connectivity index (χ1n) is 4.12. The zero-order valence-corrected chi connectivity index (χ0v) is 9.48. The first-order chi connectivity index (χ1) is 5.30. The van der Waals surface area contributed by atoms with Crippen molar-refractivity contribution in [3.8, 4) is 0 Å². The van der Waals surface area contributed by atoms with E-state index in [-0.39, 0.29) is 17.2 Å². The molecule has 0 aliphatic carbocycles. The largest absolute Gasteiger partial charge is 0.299 e.